The van der Waals surface area contributed by atoms with Crippen LogP contribution in [0.3, 0.4) is 0 Å². The van der Waals surface area contributed by atoms with E-state index in [-0.39, 0.29) is 29.3 Å². The molecule has 11 nitrogen and oxygen atoms in total. The fourth-order valence-electron chi connectivity index (χ4n) is 4.64. The first-order valence-corrected chi connectivity index (χ1v) is 12.9. The van der Waals surface area contributed by atoms with Crippen molar-refractivity contribution in [1.29, 1.82) is 0 Å². The molecule has 13 heteroatoms. The number of halogens is 2. The fourth-order valence-corrected chi connectivity index (χ4v) is 4.79. The number of imidazole rings is 2. The van der Waals surface area contributed by atoms with Crippen LogP contribution in [0.4, 0.5) is 4.39 Å². The topological polar surface area (TPSA) is 132 Å². The van der Waals surface area contributed by atoms with Crippen molar-refractivity contribution in [2.75, 3.05) is 0 Å². The number of carboxylic acids is 1. The highest BCUT2D eigenvalue weighted by molar-refractivity contribution is 6.31. The van der Waals surface area contributed by atoms with Crippen LogP contribution in [0.25, 0.3) is 11.2 Å². The Morgan fingerprint density at radius 3 is 2.85 bits per heavy atom. The highest BCUT2D eigenvalue weighted by Gasteiger charge is 2.26. The van der Waals surface area contributed by atoms with Gasteiger partial charge in [0.1, 0.15) is 11.2 Å². The van der Waals surface area contributed by atoms with Gasteiger partial charge in [-0.3, -0.25) is 9.59 Å². The summed E-state index contributed by atoms with van der Waals surface area (Å²) >= 11 is 5.88. The Morgan fingerprint density at radius 2 is 2.08 bits per heavy atom. The Labute approximate surface area is 226 Å². The summed E-state index contributed by atoms with van der Waals surface area (Å²) in [5.74, 6) is -1.97. The van der Waals surface area contributed by atoms with Crippen molar-refractivity contribution in [3.05, 3.63) is 82.3 Å². The van der Waals surface area contributed by atoms with Gasteiger partial charge in [-0.25, -0.2) is 19.0 Å². The third-order valence-corrected chi connectivity index (χ3v) is 7.17. The zero-order valence-electron chi connectivity index (χ0n) is 20.9. The lowest BCUT2D eigenvalue weighted by molar-refractivity contribution is -0.141. The summed E-state index contributed by atoms with van der Waals surface area (Å²) in [6, 6.07) is 3.50. The van der Waals surface area contributed by atoms with E-state index in [1.165, 1.54) is 33.2 Å². The molecule has 5 heterocycles. The van der Waals surface area contributed by atoms with Gasteiger partial charge in [-0.15, -0.1) is 5.10 Å². The maximum Gasteiger partial charge on any atom is 0.306 e. The smallest absolute Gasteiger partial charge is 0.306 e. The van der Waals surface area contributed by atoms with E-state index in [0.29, 0.717) is 29.4 Å². The van der Waals surface area contributed by atoms with Crippen LogP contribution in [0.1, 0.15) is 58.7 Å². The molecule has 1 amide bonds. The SMILES string of the molecule is CC(Cc1cc(C2CC2)cn2cc(Cn3cc(C(=O)NCc4ncn5ccc(Cl)c(F)c45)nn3)nc12)C(=O)O. The number of rotatable bonds is 9. The predicted molar refractivity (Wildman–Crippen MR) is 138 cm³/mol. The molecule has 1 atom stereocenters. The first kappa shape index (κ1) is 25.0. The second-order valence-electron chi connectivity index (χ2n) is 9.89. The molecule has 0 radical (unpaired) electrons. The molecule has 1 saturated carbocycles. The van der Waals surface area contributed by atoms with E-state index < -0.39 is 23.6 Å². The Balaban J connectivity index is 1.18. The maximum absolute atomic E-state index is 14.4. The number of carboxylic acid groups (broad SMARTS) is 1. The molecule has 1 fully saturated rings. The Hall–Kier alpha value is -4.32. The number of fused-ring (bicyclic) bond motifs is 2. The van der Waals surface area contributed by atoms with Crippen LogP contribution in [0.5, 0.6) is 0 Å². The molecule has 0 spiro atoms. The highest BCUT2D eigenvalue weighted by Crippen LogP contribution is 2.40. The van der Waals surface area contributed by atoms with Crippen molar-refractivity contribution in [1.82, 2.24) is 39.1 Å². The van der Waals surface area contributed by atoms with Crippen molar-refractivity contribution in [2.45, 2.75) is 45.2 Å². The zero-order chi connectivity index (χ0) is 27.3. The Kier molecular flexibility index (Phi) is 6.26. The van der Waals surface area contributed by atoms with Gasteiger partial charge in [0.2, 0.25) is 0 Å². The summed E-state index contributed by atoms with van der Waals surface area (Å²) in [4.78, 5) is 33.1. The molecule has 0 aromatic carbocycles. The molecule has 1 unspecified atom stereocenters. The molecule has 1 aliphatic carbocycles. The summed E-state index contributed by atoms with van der Waals surface area (Å²) in [6.07, 6.45) is 11.1. The molecule has 39 heavy (non-hydrogen) atoms. The van der Waals surface area contributed by atoms with E-state index >= 15 is 0 Å². The molecule has 0 saturated heterocycles. The quantitative estimate of drug-likeness (QED) is 0.287. The van der Waals surface area contributed by atoms with E-state index in [9.17, 15) is 19.1 Å². The van der Waals surface area contributed by atoms with Gasteiger partial charge in [0.15, 0.2) is 11.5 Å². The Bertz CT molecular complexity index is 1740. The molecule has 0 aliphatic heterocycles. The largest absolute Gasteiger partial charge is 0.481 e. The van der Waals surface area contributed by atoms with Gasteiger partial charge < -0.3 is 19.2 Å². The standard InChI is InChI=1S/C26H24ClFN8O3/c1-14(26(38)39)6-16-7-17(15-2-3-15)9-35-10-18(31-24(16)35)11-36-12-21(32-33-36)25(37)29-8-20-23-22(28)19(27)4-5-34(23)13-30-20/h4-5,7,9-10,12-15H,2-3,6,8,11H2,1H3,(H,29,37)(H,38,39). The van der Waals surface area contributed by atoms with Crippen LogP contribution < -0.4 is 5.32 Å². The minimum absolute atomic E-state index is 0.0211. The van der Waals surface area contributed by atoms with Gasteiger partial charge in [-0.1, -0.05) is 29.8 Å². The van der Waals surface area contributed by atoms with Crippen molar-refractivity contribution in [3.63, 3.8) is 0 Å². The summed E-state index contributed by atoms with van der Waals surface area (Å²) in [7, 11) is 0. The maximum atomic E-state index is 14.4. The fraction of sp³-hybridized carbons (Fsp3) is 0.308. The zero-order valence-corrected chi connectivity index (χ0v) is 21.6. The molecule has 5 aromatic heterocycles. The average Bonchev–Trinajstić information content (AvgIpc) is 3.30. The number of hydrogen-bond acceptors (Lipinski definition) is 6. The third-order valence-electron chi connectivity index (χ3n) is 6.88. The van der Waals surface area contributed by atoms with Gasteiger partial charge in [0.25, 0.3) is 5.91 Å². The van der Waals surface area contributed by atoms with Crippen LogP contribution >= 0.6 is 11.6 Å². The number of amides is 1. The molecular formula is C26H24ClFN8O3. The number of carbonyl (C=O) groups excluding carboxylic acids is 1. The lowest BCUT2D eigenvalue weighted by atomic mass is 10.00. The number of carbonyl (C=O) groups is 2. The Morgan fingerprint density at radius 1 is 1.26 bits per heavy atom. The van der Waals surface area contributed by atoms with Crippen LogP contribution in [0, 0.1) is 11.7 Å². The monoisotopic (exact) mass is 550 g/mol. The lowest BCUT2D eigenvalue weighted by Crippen LogP contribution is -2.23. The molecule has 200 valence electrons. The van der Waals surface area contributed by atoms with Gasteiger partial charge in [0, 0.05) is 18.6 Å². The first-order valence-electron chi connectivity index (χ1n) is 12.5. The number of nitrogens with one attached hydrogen (secondary N) is 1. The van der Waals surface area contributed by atoms with Crippen molar-refractivity contribution >= 4 is 34.6 Å². The van der Waals surface area contributed by atoms with E-state index in [1.807, 2.05) is 16.8 Å². The number of aliphatic carboxylic acids is 1. The number of pyridine rings is 2. The van der Waals surface area contributed by atoms with Gasteiger partial charge in [0.05, 0.1) is 47.9 Å². The summed E-state index contributed by atoms with van der Waals surface area (Å²) in [6.45, 7) is 1.94. The number of nitrogens with zero attached hydrogens (tertiary/aromatic N) is 7. The minimum atomic E-state index is -0.847. The minimum Gasteiger partial charge on any atom is -0.481 e. The normalized spacial score (nSPS) is 14.2. The van der Waals surface area contributed by atoms with E-state index in [1.54, 1.807) is 13.1 Å². The molecular weight excluding hydrogens is 527 g/mol. The van der Waals surface area contributed by atoms with Crippen LogP contribution in [0.2, 0.25) is 5.02 Å². The van der Waals surface area contributed by atoms with Gasteiger partial charge in [-0.2, -0.15) is 0 Å². The predicted octanol–water partition coefficient (Wildman–Crippen LogP) is 3.48. The summed E-state index contributed by atoms with van der Waals surface area (Å²) in [5, 5.41) is 20.1. The van der Waals surface area contributed by atoms with Crippen molar-refractivity contribution in [2.24, 2.45) is 5.92 Å². The highest BCUT2D eigenvalue weighted by atomic mass is 35.5. The molecule has 5 aromatic rings. The van der Waals surface area contributed by atoms with Gasteiger partial charge in [-0.05, 0) is 42.4 Å². The second-order valence-corrected chi connectivity index (χ2v) is 10.3. The average molecular weight is 551 g/mol. The van der Waals surface area contributed by atoms with Crippen molar-refractivity contribution < 1.29 is 19.1 Å². The number of hydrogen-bond donors (Lipinski definition) is 2. The molecule has 6 rings (SSSR count). The van der Waals surface area contributed by atoms with Crippen LogP contribution in [-0.2, 0) is 24.3 Å². The van der Waals surface area contributed by atoms with Crippen LogP contribution in [-0.4, -0.2) is 50.7 Å². The molecule has 2 N–H and O–H groups in total. The molecule has 0 bridgehead atoms. The lowest BCUT2D eigenvalue weighted by Gasteiger charge is -2.10. The van der Waals surface area contributed by atoms with Gasteiger partial charge >= 0.3 is 5.97 Å². The summed E-state index contributed by atoms with van der Waals surface area (Å²) < 4.78 is 19.4. The van der Waals surface area contributed by atoms with Crippen molar-refractivity contribution in [3.8, 4) is 0 Å². The summed E-state index contributed by atoms with van der Waals surface area (Å²) in [5.41, 5.74) is 4.10. The number of aromatic nitrogens is 7. The van der Waals surface area contributed by atoms with E-state index in [0.717, 1.165) is 18.4 Å². The van der Waals surface area contributed by atoms with Crippen LogP contribution in [0.15, 0.2) is 43.2 Å². The first-order chi connectivity index (χ1) is 18.8. The van der Waals surface area contributed by atoms with E-state index in [4.69, 9.17) is 16.6 Å². The second kappa shape index (κ2) is 9.77. The molecule has 1 aliphatic rings. The third kappa shape index (κ3) is 4.94. The van der Waals surface area contributed by atoms with E-state index in [2.05, 4.69) is 26.7 Å².